The minimum absolute atomic E-state index is 0.0896. The predicted molar refractivity (Wildman–Crippen MR) is 144 cm³/mol. The van der Waals surface area contributed by atoms with Crippen molar-refractivity contribution in [1.82, 2.24) is 14.4 Å². The van der Waals surface area contributed by atoms with E-state index in [1.165, 1.54) is 0 Å². The second-order valence-corrected chi connectivity index (χ2v) is 9.78. The standard InChI is InChI=1S/C27H28ClN5O4/c1-31(2)9-10-32(3)27(35)21-13-18(14-33(21)4)29-25(16-5-8-22-23(11-16)37-15-36-22)24-19-7-6-17(28)12-20(19)30-26(24)34/h5-8,11-14,29H,9-10,15H2,1-4H3,(H,30,34). The van der Waals surface area contributed by atoms with E-state index in [4.69, 9.17) is 21.1 Å². The predicted octanol–water partition coefficient (Wildman–Crippen LogP) is 3.97. The molecular weight excluding hydrogens is 494 g/mol. The zero-order valence-corrected chi connectivity index (χ0v) is 21.8. The molecule has 37 heavy (non-hydrogen) atoms. The summed E-state index contributed by atoms with van der Waals surface area (Å²) in [6.45, 7) is 1.51. The van der Waals surface area contributed by atoms with Gasteiger partial charge in [0.05, 0.1) is 22.6 Å². The average molecular weight is 522 g/mol. The summed E-state index contributed by atoms with van der Waals surface area (Å²) in [5.74, 6) is 0.893. The number of aromatic nitrogens is 1. The van der Waals surface area contributed by atoms with Gasteiger partial charge >= 0.3 is 0 Å². The van der Waals surface area contributed by atoms with Crippen molar-refractivity contribution < 1.29 is 19.1 Å². The van der Waals surface area contributed by atoms with Crippen LogP contribution < -0.4 is 20.1 Å². The lowest BCUT2D eigenvalue weighted by molar-refractivity contribution is -0.110. The van der Waals surface area contributed by atoms with E-state index in [0.29, 0.717) is 51.4 Å². The number of rotatable bonds is 7. The number of benzene rings is 2. The van der Waals surface area contributed by atoms with E-state index in [2.05, 4.69) is 10.6 Å². The summed E-state index contributed by atoms with van der Waals surface area (Å²) in [5.41, 5.74) is 4.33. The molecule has 0 radical (unpaired) electrons. The molecule has 9 nitrogen and oxygen atoms in total. The molecule has 0 saturated carbocycles. The summed E-state index contributed by atoms with van der Waals surface area (Å²) in [7, 11) is 7.56. The Morgan fingerprint density at radius 1 is 1.08 bits per heavy atom. The van der Waals surface area contributed by atoms with E-state index in [-0.39, 0.29) is 18.6 Å². The number of hydrogen-bond donors (Lipinski definition) is 2. The molecule has 3 aromatic rings. The number of ether oxygens (including phenoxy) is 2. The monoisotopic (exact) mass is 521 g/mol. The third kappa shape index (κ3) is 4.87. The number of nitrogens with one attached hydrogen (secondary N) is 2. The first-order chi connectivity index (χ1) is 17.7. The van der Waals surface area contributed by atoms with Crippen molar-refractivity contribution in [2.45, 2.75) is 0 Å². The summed E-state index contributed by atoms with van der Waals surface area (Å²) in [6.07, 6.45) is 1.83. The molecule has 0 aliphatic carbocycles. The maximum atomic E-state index is 13.2. The van der Waals surface area contributed by atoms with Crippen LogP contribution in [0.3, 0.4) is 0 Å². The van der Waals surface area contributed by atoms with Gasteiger partial charge in [0.2, 0.25) is 6.79 Å². The minimum Gasteiger partial charge on any atom is -0.454 e. The van der Waals surface area contributed by atoms with Crippen molar-refractivity contribution in [3.63, 3.8) is 0 Å². The highest BCUT2D eigenvalue weighted by molar-refractivity contribution is 6.38. The van der Waals surface area contributed by atoms with E-state index >= 15 is 0 Å². The topological polar surface area (TPSA) is 88.1 Å². The van der Waals surface area contributed by atoms with Crippen LogP contribution in [0, 0.1) is 0 Å². The Hall–Kier alpha value is -3.95. The van der Waals surface area contributed by atoms with E-state index in [1.54, 1.807) is 34.7 Å². The van der Waals surface area contributed by atoms with E-state index in [1.807, 2.05) is 56.5 Å². The third-order valence-electron chi connectivity index (χ3n) is 6.36. The van der Waals surface area contributed by atoms with Crippen LogP contribution in [-0.4, -0.2) is 67.2 Å². The van der Waals surface area contributed by atoms with Gasteiger partial charge in [-0.15, -0.1) is 0 Å². The van der Waals surface area contributed by atoms with Crippen molar-refractivity contribution >= 4 is 46.1 Å². The molecule has 1 aromatic heterocycles. The van der Waals surface area contributed by atoms with Gasteiger partial charge in [-0.05, 0) is 50.5 Å². The number of amides is 2. The van der Waals surface area contributed by atoms with Crippen LogP contribution in [0.15, 0.2) is 48.7 Å². The lowest BCUT2D eigenvalue weighted by Gasteiger charge is -2.19. The summed E-state index contributed by atoms with van der Waals surface area (Å²) >= 11 is 6.17. The third-order valence-corrected chi connectivity index (χ3v) is 6.60. The van der Waals surface area contributed by atoms with E-state index in [0.717, 1.165) is 17.7 Å². The van der Waals surface area contributed by atoms with Crippen LogP contribution in [0.25, 0.3) is 11.3 Å². The molecule has 10 heteroatoms. The zero-order valence-electron chi connectivity index (χ0n) is 21.1. The van der Waals surface area contributed by atoms with Crippen molar-refractivity contribution in [1.29, 1.82) is 0 Å². The van der Waals surface area contributed by atoms with Crippen molar-refractivity contribution in [3.05, 3.63) is 70.5 Å². The normalized spacial score (nSPS) is 15.0. The SMILES string of the molecule is CN(C)CCN(C)C(=O)c1cc(NC(=C2C(=O)Nc3cc(Cl)ccc32)c2ccc3c(c2)OCO3)cn1C. The van der Waals surface area contributed by atoms with E-state index in [9.17, 15) is 9.59 Å². The van der Waals surface area contributed by atoms with Crippen LogP contribution >= 0.6 is 11.6 Å². The number of anilines is 2. The summed E-state index contributed by atoms with van der Waals surface area (Å²) in [5, 5.41) is 6.84. The number of aryl methyl sites for hydroxylation is 1. The second-order valence-electron chi connectivity index (χ2n) is 9.34. The molecule has 0 bridgehead atoms. The molecule has 192 valence electrons. The highest BCUT2D eigenvalue weighted by atomic mass is 35.5. The maximum Gasteiger partial charge on any atom is 0.270 e. The van der Waals surface area contributed by atoms with Gasteiger partial charge in [0.25, 0.3) is 11.8 Å². The maximum absolute atomic E-state index is 13.2. The molecule has 0 fully saturated rings. The number of likely N-dealkylation sites (N-methyl/N-ethyl adjacent to an activating group) is 2. The molecule has 0 spiro atoms. The molecule has 5 rings (SSSR count). The van der Waals surface area contributed by atoms with Crippen LogP contribution in [0.5, 0.6) is 11.5 Å². The van der Waals surface area contributed by atoms with Gasteiger partial charge in [0.1, 0.15) is 5.69 Å². The minimum atomic E-state index is -0.256. The van der Waals surface area contributed by atoms with Gasteiger partial charge in [0, 0.05) is 49.5 Å². The Morgan fingerprint density at radius 3 is 2.65 bits per heavy atom. The number of carbonyl (C=O) groups is 2. The van der Waals surface area contributed by atoms with Crippen LogP contribution in [0.2, 0.25) is 5.02 Å². The van der Waals surface area contributed by atoms with Crippen LogP contribution in [-0.2, 0) is 11.8 Å². The van der Waals surface area contributed by atoms with Gasteiger partial charge < -0.3 is 34.5 Å². The Morgan fingerprint density at radius 2 is 1.86 bits per heavy atom. The molecule has 0 unspecified atom stereocenters. The Kier molecular flexibility index (Phi) is 6.57. The van der Waals surface area contributed by atoms with Gasteiger partial charge in [-0.25, -0.2) is 0 Å². The first-order valence-corrected chi connectivity index (χ1v) is 12.2. The van der Waals surface area contributed by atoms with Crippen molar-refractivity contribution in [2.75, 3.05) is 51.7 Å². The van der Waals surface area contributed by atoms with E-state index < -0.39 is 0 Å². The molecule has 2 aromatic carbocycles. The highest BCUT2D eigenvalue weighted by Gasteiger charge is 2.30. The number of fused-ring (bicyclic) bond motifs is 2. The molecule has 0 atom stereocenters. The first kappa shape index (κ1) is 24.7. The second kappa shape index (κ2) is 9.84. The summed E-state index contributed by atoms with van der Waals surface area (Å²) in [4.78, 5) is 30.0. The summed E-state index contributed by atoms with van der Waals surface area (Å²) < 4.78 is 12.8. The fraction of sp³-hybridized carbons (Fsp3) is 0.259. The fourth-order valence-electron chi connectivity index (χ4n) is 4.36. The smallest absolute Gasteiger partial charge is 0.270 e. The highest BCUT2D eigenvalue weighted by Crippen LogP contribution is 2.41. The lowest BCUT2D eigenvalue weighted by atomic mass is 10.00. The van der Waals surface area contributed by atoms with Crippen LogP contribution in [0.4, 0.5) is 11.4 Å². The average Bonchev–Trinajstić information content (AvgIpc) is 3.56. The Balaban J connectivity index is 1.55. The molecule has 2 aliphatic heterocycles. The van der Waals surface area contributed by atoms with Gasteiger partial charge in [-0.3, -0.25) is 9.59 Å². The zero-order chi connectivity index (χ0) is 26.3. The van der Waals surface area contributed by atoms with Crippen molar-refractivity contribution in [3.8, 4) is 11.5 Å². The fourth-order valence-corrected chi connectivity index (χ4v) is 4.53. The molecule has 3 heterocycles. The van der Waals surface area contributed by atoms with Crippen LogP contribution in [0.1, 0.15) is 21.6 Å². The number of halogens is 1. The quantitative estimate of drug-likeness (QED) is 0.457. The Labute approximate surface area is 220 Å². The van der Waals surface area contributed by atoms with Gasteiger partial charge in [0.15, 0.2) is 11.5 Å². The number of carbonyl (C=O) groups excluding carboxylic acids is 2. The first-order valence-electron chi connectivity index (χ1n) is 11.8. The Bertz CT molecular complexity index is 1430. The molecular formula is C27H28ClN5O4. The number of hydrogen-bond acceptors (Lipinski definition) is 6. The molecule has 2 N–H and O–H groups in total. The van der Waals surface area contributed by atoms with Gasteiger partial charge in [-0.1, -0.05) is 17.7 Å². The van der Waals surface area contributed by atoms with Gasteiger partial charge in [-0.2, -0.15) is 0 Å². The number of nitrogens with zero attached hydrogens (tertiary/aromatic N) is 3. The lowest BCUT2D eigenvalue weighted by Crippen LogP contribution is -2.34. The van der Waals surface area contributed by atoms with Crippen molar-refractivity contribution in [2.24, 2.45) is 7.05 Å². The molecule has 0 saturated heterocycles. The molecule has 2 amide bonds. The summed E-state index contributed by atoms with van der Waals surface area (Å²) in [6, 6.07) is 12.6. The largest absolute Gasteiger partial charge is 0.454 e. The molecule has 2 aliphatic rings.